The Labute approximate surface area is 198 Å². The minimum Gasteiger partial charge on any atom is -0.493 e. The minimum absolute atomic E-state index is 0.0419. The van der Waals surface area contributed by atoms with Crippen LogP contribution in [0.15, 0.2) is 27.8 Å². The summed E-state index contributed by atoms with van der Waals surface area (Å²) in [5.74, 6) is -0.608. The van der Waals surface area contributed by atoms with Gasteiger partial charge in [-0.1, -0.05) is 32.4 Å². The number of carbonyl (C=O) groups is 2. The number of amides is 1. The maximum absolute atomic E-state index is 12.9. The highest BCUT2D eigenvalue weighted by atomic mass is 16.5. The van der Waals surface area contributed by atoms with Crippen molar-refractivity contribution >= 4 is 23.4 Å². The highest BCUT2D eigenvalue weighted by Crippen LogP contribution is 2.20. The topological polar surface area (TPSA) is 137 Å². The lowest BCUT2D eigenvalue weighted by molar-refractivity contribution is -0.148. The van der Waals surface area contributed by atoms with Gasteiger partial charge in [-0.15, -0.1) is 0 Å². The standard InChI is InChI=1S/C24H34N4O6/c1-5-7-12-27(21-22(25)28(11-6-2)24(32)26-23(21)31)19(29)15-34-20(30)10-13-33-18-14-16(3)8-9-17(18)4/h8-9,14H,5-7,10-13,15,25H2,1-4H3,(H,26,31,32). The molecule has 0 aliphatic rings. The molecule has 10 heteroatoms. The number of aromatic nitrogens is 2. The number of nitrogens with one attached hydrogen (secondary N) is 1. The number of carbonyl (C=O) groups excluding carboxylic acids is 2. The lowest BCUT2D eigenvalue weighted by Crippen LogP contribution is -2.43. The van der Waals surface area contributed by atoms with E-state index in [-0.39, 0.29) is 31.1 Å². The second-order valence-electron chi connectivity index (χ2n) is 8.07. The fourth-order valence-corrected chi connectivity index (χ4v) is 3.36. The summed E-state index contributed by atoms with van der Waals surface area (Å²) >= 11 is 0. The number of benzene rings is 1. The van der Waals surface area contributed by atoms with E-state index in [4.69, 9.17) is 15.2 Å². The van der Waals surface area contributed by atoms with Crippen molar-refractivity contribution < 1.29 is 19.1 Å². The van der Waals surface area contributed by atoms with E-state index in [1.54, 1.807) is 0 Å². The molecule has 10 nitrogen and oxygen atoms in total. The zero-order valence-corrected chi connectivity index (χ0v) is 20.3. The highest BCUT2D eigenvalue weighted by Gasteiger charge is 2.24. The molecule has 0 radical (unpaired) electrons. The zero-order chi connectivity index (χ0) is 25.3. The summed E-state index contributed by atoms with van der Waals surface area (Å²) in [6, 6.07) is 5.79. The van der Waals surface area contributed by atoms with E-state index in [9.17, 15) is 19.2 Å². The Hall–Kier alpha value is -3.56. The highest BCUT2D eigenvalue weighted by molar-refractivity contribution is 5.97. The first-order valence-electron chi connectivity index (χ1n) is 11.5. The fourth-order valence-electron chi connectivity index (χ4n) is 3.36. The van der Waals surface area contributed by atoms with Gasteiger partial charge in [0.1, 0.15) is 11.6 Å². The second-order valence-corrected chi connectivity index (χ2v) is 8.07. The third-order valence-electron chi connectivity index (χ3n) is 5.23. The summed E-state index contributed by atoms with van der Waals surface area (Å²) in [4.78, 5) is 53.1. The Morgan fingerprint density at radius 2 is 1.88 bits per heavy atom. The van der Waals surface area contributed by atoms with Crippen molar-refractivity contribution in [3.63, 3.8) is 0 Å². The van der Waals surface area contributed by atoms with E-state index in [1.807, 2.05) is 45.9 Å². The van der Waals surface area contributed by atoms with Crippen LogP contribution in [0.5, 0.6) is 5.75 Å². The minimum atomic E-state index is -0.757. The molecule has 0 aliphatic carbocycles. The lowest BCUT2D eigenvalue weighted by atomic mass is 10.1. The van der Waals surface area contributed by atoms with Crippen molar-refractivity contribution in [1.82, 2.24) is 9.55 Å². The van der Waals surface area contributed by atoms with Crippen LogP contribution >= 0.6 is 0 Å². The number of hydrogen-bond acceptors (Lipinski definition) is 7. The number of rotatable bonds is 12. The molecule has 3 N–H and O–H groups in total. The number of ether oxygens (including phenoxy) is 2. The zero-order valence-electron chi connectivity index (χ0n) is 20.3. The van der Waals surface area contributed by atoms with Gasteiger partial charge in [0.15, 0.2) is 12.3 Å². The largest absolute Gasteiger partial charge is 0.493 e. The molecular formula is C24H34N4O6. The van der Waals surface area contributed by atoms with Gasteiger partial charge in [0.25, 0.3) is 11.5 Å². The van der Waals surface area contributed by atoms with Crippen molar-refractivity contribution in [3.8, 4) is 5.75 Å². The van der Waals surface area contributed by atoms with E-state index in [2.05, 4.69) is 4.98 Å². The number of nitrogens with zero attached hydrogens (tertiary/aromatic N) is 2. The van der Waals surface area contributed by atoms with Crippen LogP contribution in [-0.2, 0) is 20.9 Å². The normalized spacial score (nSPS) is 10.7. The third-order valence-corrected chi connectivity index (χ3v) is 5.23. The van der Waals surface area contributed by atoms with E-state index in [0.29, 0.717) is 25.1 Å². The summed E-state index contributed by atoms with van der Waals surface area (Å²) in [7, 11) is 0. The second kappa shape index (κ2) is 12.6. The maximum Gasteiger partial charge on any atom is 0.330 e. The molecule has 0 bridgehead atoms. The van der Waals surface area contributed by atoms with Crippen LogP contribution in [-0.4, -0.2) is 41.2 Å². The third kappa shape index (κ3) is 6.97. The lowest BCUT2D eigenvalue weighted by Gasteiger charge is -2.24. The van der Waals surface area contributed by atoms with Gasteiger partial charge in [0.2, 0.25) is 0 Å². The molecule has 1 amide bonds. The number of hydrogen-bond donors (Lipinski definition) is 2. The summed E-state index contributed by atoms with van der Waals surface area (Å²) in [6.07, 6.45) is 1.92. The van der Waals surface area contributed by atoms with Gasteiger partial charge in [0.05, 0.1) is 13.0 Å². The average Bonchev–Trinajstić information content (AvgIpc) is 2.79. The van der Waals surface area contributed by atoms with E-state index in [1.165, 1.54) is 9.47 Å². The van der Waals surface area contributed by atoms with Gasteiger partial charge in [-0.2, -0.15) is 0 Å². The van der Waals surface area contributed by atoms with Crippen LogP contribution in [0.1, 0.15) is 50.7 Å². The van der Waals surface area contributed by atoms with Crippen LogP contribution in [0.25, 0.3) is 0 Å². The van der Waals surface area contributed by atoms with Crippen molar-refractivity contribution in [2.45, 2.75) is 59.9 Å². The molecule has 0 spiro atoms. The molecule has 0 fully saturated rings. The molecule has 0 unspecified atom stereocenters. The van der Waals surface area contributed by atoms with E-state index < -0.39 is 29.7 Å². The van der Waals surface area contributed by atoms with Crippen LogP contribution < -0.4 is 26.6 Å². The average molecular weight is 475 g/mol. The number of nitrogens with two attached hydrogens (primary N) is 1. The molecule has 2 rings (SSSR count). The first-order valence-corrected chi connectivity index (χ1v) is 11.5. The molecule has 1 aromatic carbocycles. The Morgan fingerprint density at radius 1 is 1.15 bits per heavy atom. The van der Waals surface area contributed by atoms with Crippen molar-refractivity contribution in [2.75, 3.05) is 30.4 Å². The Morgan fingerprint density at radius 3 is 2.56 bits per heavy atom. The van der Waals surface area contributed by atoms with Crippen molar-refractivity contribution in [1.29, 1.82) is 0 Å². The molecular weight excluding hydrogens is 440 g/mol. The molecule has 0 atom stereocenters. The molecule has 34 heavy (non-hydrogen) atoms. The van der Waals surface area contributed by atoms with Crippen LogP contribution in [0.4, 0.5) is 11.5 Å². The number of H-pyrrole nitrogens is 1. The van der Waals surface area contributed by atoms with Crippen LogP contribution in [0, 0.1) is 13.8 Å². The number of esters is 1. The molecule has 1 heterocycles. The Bertz CT molecular complexity index is 1120. The molecule has 0 saturated heterocycles. The summed E-state index contributed by atoms with van der Waals surface area (Å²) in [6.45, 7) is 7.68. The monoisotopic (exact) mass is 474 g/mol. The van der Waals surface area contributed by atoms with Gasteiger partial charge in [-0.25, -0.2) is 4.79 Å². The molecule has 2 aromatic rings. The number of aromatic amines is 1. The summed E-state index contributed by atoms with van der Waals surface area (Å²) in [5, 5.41) is 0. The number of anilines is 2. The molecule has 1 aromatic heterocycles. The van der Waals surface area contributed by atoms with Crippen LogP contribution in [0.3, 0.4) is 0 Å². The Balaban J connectivity index is 2.06. The van der Waals surface area contributed by atoms with Crippen LogP contribution in [0.2, 0.25) is 0 Å². The first-order chi connectivity index (χ1) is 16.2. The number of unbranched alkanes of at least 4 members (excludes halogenated alkanes) is 1. The molecule has 186 valence electrons. The quantitative estimate of drug-likeness (QED) is 0.450. The predicted molar refractivity (Wildman–Crippen MR) is 130 cm³/mol. The maximum atomic E-state index is 12.9. The number of aryl methyl sites for hydroxylation is 2. The van der Waals surface area contributed by atoms with Gasteiger partial charge in [-0.3, -0.25) is 23.9 Å². The molecule has 0 saturated carbocycles. The summed E-state index contributed by atoms with van der Waals surface area (Å²) in [5.41, 5.74) is 6.60. The smallest absolute Gasteiger partial charge is 0.330 e. The first kappa shape index (κ1) is 26.7. The van der Waals surface area contributed by atoms with E-state index >= 15 is 0 Å². The Kier molecular flexibility index (Phi) is 9.91. The van der Waals surface area contributed by atoms with Crippen molar-refractivity contribution in [3.05, 3.63) is 50.2 Å². The van der Waals surface area contributed by atoms with Gasteiger partial charge >= 0.3 is 11.7 Å². The summed E-state index contributed by atoms with van der Waals surface area (Å²) < 4.78 is 12.0. The fraction of sp³-hybridized carbons (Fsp3) is 0.500. The van der Waals surface area contributed by atoms with E-state index in [0.717, 1.165) is 17.5 Å². The van der Waals surface area contributed by atoms with Gasteiger partial charge < -0.3 is 20.1 Å². The predicted octanol–water partition coefficient (Wildman–Crippen LogP) is 2.29. The van der Waals surface area contributed by atoms with Crippen molar-refractivity contribution in [2.24, 2.45) is 0 Å². The SMILES string of the molecule is CCCCN(C(=O)COC(=O)CCOc1cc(C)ccc1C)c1c(N)n(CCC)c(=O)[nH]c1=O. The number of nitrogen functional groups attached to an aromatic ring is 1. The van der Waals surface area contributed by atoms with Gasteiger partial charge in [0, 0.05) is 13.1 Å². The molecule has 0 aliphatic heterocycles. The van der Waals surface area contributed by atoms with Gasteiger partial charge in [-0.05, 0) is 43.9 Å².